The Morgan fingerprint density at radius 2 is 2.00 bits per heavy atom. The summed E-state index contributed by atoms with van der Waals surface area (Å²) in [4.78, 5) is 25.5. The van der Waals surface area contributed by atoms with Crippen LogP contribution in [-0.2, 0) is 13.8 Å². The minimum Gasteiger partial charge on any atom is -0.426 e. The van der Waals surface area contributed by atoms with Gasteiger partial charge in [0.05, 0.1) is 6.61 Å². The molecule has 1 aliphatic rings. The van der Waals surface area contributed by atoms with Crippen LogP contribution in [0.15, 0.2) is 58.3 Å². The number of para-hydroxylation sites is 1. The van der Waals surface area contributed by atoms with Crippen molar-refractivity contribution in [2.24, 2.45) is 0 Å². The lowest BCUT2D eigenvalue weighted by Gasteiger charge is -2.16. The summed E-state index contributed by atoms with van der Waals surface area (Å²) in [5.41, 5.74) is -0.592. The summed E-state index contributed by atoms with van der Waals surface area (Å²) in [5, 5.41) is 0. The van der Waals surface area contributed by atoms with Crippen LogP contribution in [0.2, 0.25) is 0 Å². The Morgan fingerprint density at radius 3 is 2.76 bits per heavy atom. The van der Waals surface area contributed by atoms with Crippen molar-refractivity contribution in [3.05, 3.63) is 75.1 Å². The predicted octanol–water partition coefficient (Wildman–Crippen LogP) is 1.78. The first-order valence-electron chi connectivity index (χ1n) is 7.58. The van der Waals surface area contributed by atoms with Crippen LogP contribution >= 0.6 is 8.25 Å². The first-order chi connectivity index (χ1) is 12.0. The molecule has 1 N–H and O–H groups in total. The van der Waals surface area contributed by atoms with E-state index in [9.17, 15) is 14.2 Å². The number of ether oxygens (including phenoxy) is 1. The van der Waals surface area contributed by atoms with Crippen molar-refractivity contribution in [1.82, 2.24) is 9.55 Å². The number of nitrogens with zero attached hydrogens (tertiary/aromatic N) is 1. The topological polar surface area (TPSA) is 99.6 Å². The summed E-state index contributed by atoms with van der Waals surface area (Å²) in [7, 11) is -2.71. The summed E-state index contributed by atoms with van der Waals surface area (Å²) in [6, 6.07) is 8.71. The molecule has 0 amide bonds. The number of benzene rings is 1. The minimum atomic E-state index is -2.71. The van der Waals surface area contributed by atoms with Crippen molar-refractivity contribution in [3.63, 3.8) is 0 Å². The SMILES string of the molecule is Cc1cn(C2C=CC(CO[PH](=O)Oc3ccccc3)O2)c(=O)[nH]c1=O. The zero-order chi connectivity index (χ0) is 17.8. The number of H-pyrrole nitrogens is 1. The highest BCUT2D eigenvalue weighted by atomic mass is 31.1. The van der Waals surface area contributed by atoms with Gasteiger partial charge >= 0.3 is 13.9 Å². The molecule has 132 valence electrons. The lowest BCUT2D eigenvalue weighted by molar-refractivity contribution is -0.00565. The average Bonchev–Trinajstić information content (AvgIpc) is 3.06. The molecule has 25 heavy (non-hydrogen) atoms. The van der Waals surface area contributed by atoms with Crippen molar-refractivity contribution < 1.29 is 18.3 Å². The van der Waals surface area contributed by atoms with Gasteiger partial charge in [-0.25, -0.2) is 9.36 Å². The number of nitrogens with one attached hydrogen (secondary N) is 1. The fourth-order valence-corrected chi connectivity index (χ4v) is 2.97. The van der Waals surface area contributed by atoms with E-state index in [0.717, 1.165) is 0 Å². The molecule has 0 fully saturated rings. The number of aromatic nitrogens is 2. The van der Waals surface area contributed by atoms with E-state index < -0.39 is 31.8 Å². The number of rotatable bonds is 6. The van der Waals surface area contributed by atoms with E-state index in [1.54, 1.807) is 43.3 Å². The third-order valence-corrected chi connectivity index (χ3v) is 4.34. The van der Waals surface area contributed by atoms with Gasteiger partial charge in [0.25, 0.3) is 5.56 Å². The van der Waals surface area contributed by atoms with Gasteiger partial charge in [0.1, 0.15) is 11.9 Å². The highest BCUT2D eigenvalue weighted by molar-refractivity contribution is 7.33. The summed E-state index contributed by atoms with van der Waals surface area (Å²) in [6.45, 7) is 1.62. The largest absolute Gasteiger partial charge is 0.426 e. The van der Waals surface area contributed by atoms with Crippen LogP contribution in [-0.4, -0.2) is 22.3 Å². The summed E-state index contributed by atoms with van der Waals surface area (Å²) in [6.07, 6.45) is 3.67. The maximum atomic E-state index is 11.9. The molecular weight excluding hydrogens is 347 g/mol. The molecule has 0 saturated heterocycles. The summed E-state index contributed by atoms with van der Waals surface area (Å²) in [5.74, 6) is 0.461. The standard InChI is InChI=1S/C16H17N2O6P/c1-11-9-18(16(20)17-15(11)19)14-8-7-13(23-14)10-22-25(21)24-12-5-3-2-4-6-12/h2-9,13-14,25H,10H2,1H3,(H,17,19,20). The molecule has 1 aromatic carbocycles. The van der Waals surface area contributed by atoms with Gasteiger partial charge in [-0.05, 0) is 25.1 Å². The van der Waals surface area contributed by atoms with Gasteiger partial charge in [0.15, 0.2) is 6.23 Å². The van der Waals surface area contributed by atoms with Gasteiger partial charge in [-0.3, -0.25) is 18.9 Å². The Kier molecular flexibility index (Phi) is 5.33. The van der Waals surface area contributed by atoms with E-state index >= 15 is 0 Å². The molecule has 0 bridgehead atoms. The Labute approximate surface area is 143 Å². The zero-order valence-corrected chi connectivity index (χ0v) is 14.4. The van der Waals surface area contributed by atoms with Crippen LogP contribution in [0.3, 0.4) is 0 Å². The molecule has 1 aliphatic heterocycles. The third kappa shape index (κ3) is 4.36. The van der Waals surface area contributed by atoms with Crippen LogP contribution < -0.4 is 15.8 Å². The second-order valence-corrected chi connectivity index (χ2v) is 6.40. The molecule has 2 aromatic rings. The smallest absolute Gasteiger partial charge is 0.367 e. The minimum absolute atomic E-state index is 0.0225. The zero-order valence-electron chi connectivity index (χ0n) is 13.4. The molecular formula is C16H17N2O6P. The van der Waals surface area contributed by atoms with Crippen LogP contribution in [0.5, 0.6) is 5.75 Å². The summed E-state index contributed by atoms with van der Waals surface area (Å²) < 4.78 is 29.1. The normalized spacial score (nSPS) is 20.5. The fraction of sp³-hybridized carbons (Fsp3) is 0.250. The van der Waals surface area contributed by atoms with Gasteiger partial charge in [0, 0.05) is 11.8 Å². The van der Waals surface area contributed by atoms with Crippen molar-refractivity contribution in [2.45, 2.75) is 19.3 Å². The maximum absolute atomic E-state index is 11.9. The molecule has 2 heterocycles. The molecule has 8 nitrogen and oxygen atoms in total. The molecule has 3 unspecified atom stereocenters. The van der Waals surface area contributed by atoms with Crippen LogP contribution in [0.1, 0.15) is 11.8 Å². The molecule has 3 atom stereocenters. The molecule has 9 heteroatoms. The predicted molar refractivity (Wildman–Crippen MR) is 91.1 cm³/mol. The highest BCUT2D eigenvalue weighted by Crippen LogP contribution is 2.29. The lowest BCUT2D eigenvalue weighted by atomic mass is 10.3. The Bertz CT molecular complexity index is 905. The van der Waals surface area contributed by atoms with Crippen LogP contribution in [0.4, 0.5) is 0 Å². The Morgan fingerprint density at radius 1 is 1.24 bits per heavy atom. The molecule has 0 spiro atoms. The van der Waals surface area contributed by atoms with E-state index in [1.165, 1.54) is 10.8 Å². The van der Waals surface area contributed by atoms with E-state index in [0.29, 0.717) is 11.3 Å². The van der Waals surface area contributed by atoms with Gasteiger partial charge in [-0.1, -0.05) is 24.3 Å². The van der Waals surface area contributed by atoms with Crippen molar-refractivity contribution >= 4 is 8.25 Å². The van der Waals surface area contributed by atoms with Gasteiger partial charge < -0.3 is 9.26 Å². The molecule has 1 aromatic heterocycles. The molecule has 0 saturated carbocycles. The number of aromatic amines is 1. The molecule has 0 aliphatic carbocycles. The van der Waals surface area contributed by atoms with E-state index in [1.807, 2.05) is 6.07 Å². The Balaban J connectivity index is 1.55. The van der Waals surface area contributed by atoms with Crippen molar-refractivity contribution in [2.75, 3.05) is 6.61 Å². The van der Waals surface area contributed by atoms with E-state index in [2.05, 4.69) is 4.98 Å². The number of hydrogen-bond acceptors (Lipinski definition) is 6. The lowest BCUT2D eigenvalue weighted by Crippen LogP contribution is -2.33. The van der Waals surface area contributed by atoms with E-state index in [4.69, 9.17) is 13.8 Å². The Hall–Kier alpha value is -2.41. The third-order valence-electron chi connectivity index (χ3n) is 3.53. The summed E-state index contributed by atoms with van der Waals surface area (Å²) >= 11 is 0. The van der Waals surface area contributed by atoms with Crippen LogP contribution in [0, 0.1) is 6.92 Å². The van der Waals surface area contributed by atoms with Gasteiger partial charge in [-0.2, -0.15) is 0 Å². The quantitative estimate of drug-likeness (QED) is 0.620. The van der Waals surface area contributed by atoms with Gasteiger partial charge in [-0.15, -0.1) is 0 Å². The second-order valence-electron chi connectivity index (χ2n) is 5.40. The fourth-order valence-electron chi connectivity index (χ4n) is 2.28. The average molecular weight is 364 g/mol. The molecule has 0 radical (unpaired) electrons. The van der Waals surface area contributed by atoms with Gasteiger partial charge in [0.2, 0.25) is 0 Å². The maximum Gasteiger partial charge on any atom is 0.367 e. The van der Waals surface area contributed by atoms with Crippen molar-refractivity contribution in [1.29, 1.82) is 0 Å². The number of hydrogen-bond donors (Lipinski definition) is 1. The van der Waals surface area contributed by atoms with Crippen LogP contribution in [0.25, 0.3) is 0 Å². The first-order valence-corrected chi connectivity index (χ1v) is 8.81. The molecule has 3 rings (SSSR count). The highest BCUT2D eigenvalue weighted by Gasteiger charge is 2.23. The monoisotopic (exact) mass is 364 g/mol. The second kappa shape index (κ2) is 7.65. The number of aryl methyl sites for hydroxylation is 1. The first kappa shape index (κ1) is 17.4. The van der Waals surface area contributed by atoms with E-state index in [-0.39, 0.29) is 6.61 Å². The van der Waals surface area contributed by atoms with Crippen molar-refractivity contribution in [3.8, 4) is 5.75 Å².